The van der Waals surface area contributed by atoms with E-state index in [4.69, 9.17) is 16.6 Å². The molecule has 5 rings (SSSR count). The number of phenolic OH excluding ortho intramolecular Hbond substituents is 1. The number of nitrogens with one attached hydrogen (secondary N) is 1. The molecule has 0 radical (unpaired) electrons. The van der Waals surface area contributed by atoms with E-state index >= 15 is 0 Å². The highest BCUT2D eigenvalue weighted by molar-refractivity contribution is 7.99. The van der Waals surface area contributed by atoms with Crippen molar-refractivity contribution in [1.29, 1.82) is 0 Å². The number of fused-ring (bicyclic) bond motifs is 1. The van der Waals surface area contributed by atoms with E-state index < -0.39 is 17.1 Å². The van der Waals surface area contributed by atoms with Crippen LogP contribution in [0.4, 0.5) is 5.69 Å². The summed E-state index contributed by atoms with van der Waals surface area (Å²) in [4.78, 5) is 33.5. The van der Waals surface area contributed by atoms with Crippen molar-refractivity contribution in [2.24, 2.45) is 4.99 Å². The molecule has 0 aliphatic carbocycles. The van der Waals surface area contributed by atoms with Crippen molar-refractivity contribution in [2.45, 2.75) is 16.6 Å². The maximum Gasteiger partial charge on any atom is 0.335 e. The van der Waals surface area contributed by atoms with Crippen LogP contribution in [0, 0.1) is 0 Å². The number of aliphatic imine (C=N–C) groups is 1. The lowest BCUT2D eigenvalue weighted by Gasteiger charge is -2.17. The monoisotopic (exact) mass is 491 g/mol. The van der Waals surface area contributed by atoms with Gasteiger partial charge in [0, 0.05) is 21.6 Å². The number of phenols is 1. The molecule has 0 fully saturated rings. The maximum atomic E-state index is 12.9. The number of para-hydroxylation sites is 1. The number of nitrogens with zero attached hydrogens (tertiary/aromatic N) is 2. The number of halogens is 1. The Hall–Kier alpha value is -3.75. The first kappa shape index (κ1) is 22.1. The molecule has 2 heterocycles. The van der Waals surface area contributed by atoms with Gasteiger partial charge < -0.3 is 10.2 Å². The van der Waals surface area contributed by atoms with Gasteiger partial charge in [-0.05, 0) is 54.1 Å². The molecule has 9 heteroatoms. The smallest absolute Gasteiger partial charge is 0.335 e. The second-order valence-electron chi connectivity index (χ2n) is 7.70. The van der Waals surface area contributed by atoms with Crippen molar-refractivity contribution in [2.75, 3.05) is 0 Å². The van der Waals surface area contributed by atoms with Gasteiger partial charge in [0.2, 0.25) is 5.88 Å². The molecule has 1 aliphatic rings. The van der Waals surface area contributed by atoms with E-state index in [1.807, 2.05) is 36.4 Å². The maximum absolute atomic E-state index is 12.9. The number of hydrogen-bond donors (Lipinski definition) is 3. The number of rotatable bonds is 3. The summed E-state index contributed by atoms with van der Waals surface area (Å²) in [6, 6.07) is 20.7. The molecule has 1 atom stereocenters. The van der Waals surface area contributed by atoms with Crippen LogP contribution in [-0.2, 0) is 0 Å². The van der Waals surface area contributed by atoms with Crippen molar-refractivity contribution in [3.63, 3.8) is 0 Å². The molecule has 1 unspecified atom stereocenters. The van der Waals surface area contributed by atoms with Crippen LogP contribution in [0.2, 0.25) is 5.02 Å². The lowest BCUT2D eigenvalue weighted by atomic mass is 10.0. The van der Waals surface area contributed by atoms with Crippen LogP contribution in [0.1, 0.15) is 22.8 Å². The molecule has 3 N–H and O–H groups in total. The van der Waals surface area contributed by atoms with Gasteiger partial charge in [-0.1, -0.05) is 35.9 Å². The highest BCUT2D eigenvalue weighted by Gasteiger charge is 2.27. The zero-order chi connectivity index (χ0) is 23.8. The summed E-state index contributed by atoms with van der Waals surface area (Å²) in [5.41, 5.74) is 0.713. The Kier molecular flexibility index (Phi) is 5.77. The molecule has 7 nitrogen and oxygen atoms in total. The number of H-pyrrole nitrogens is 1. The lowest BCUT2D eigenvalue weighted by Crippen LogP contribution is -2.33. The molecule has 170 valence electrons. The predicted molar refractivity (Wildman–Crippen MR) is 133 cm³/mol. The van der Waals surface area contributed by atoms with Crippen LogP contribution in [0.25, 0.3) is 5.69 Å². The Bertz CT molecular complexity index is 1530. The van der Waals surface area contributed by atoms with E-state index in [9.17, 15) is 19.8 Å². The third-order valence-corrected chi connectivity index (χ3v) is 7.07. The third-order valence-electron chi connectivity index (χ3n) is 5.49. The first-order valence-electron chi connectivity index (χ1n) is 10.4. The zero-order valence-corrected chi connectivity index (χ0v) is 19.2. The number of aromatic nitrogens is 2. The number of thioether (sulfide) groups is 1. The number of hydrogen-bond acceptors (Lipinski definition) is 6. The summed E-state index contributed by atoms with van der Waals surface area (Å²) in [7, 11) is 0. The van der Waals surface area contributed by atoms with Crippen LogP contribution < -0.4 is 11.2 Å². The largest absolute Gasteiger partial charge is 0.508 e. The Morgan fingerprint density at radius 2 is 1.68 bits per heavy atom. The lowest BCUT2D eigenvalue weighted by molar-refractivity contribution is 0.429. The van der Waals surface area contributed by atoms with E-state index in [0.717, 1.165) is 15.0 Å². The topological polar surface area (TPSA) is 108 Å². The Morgan fingerprint density at radius 1 is 0.971 bits per heavy atom. The predicted octanol–water partition coefficient (Wildman–Crippen LogP) is 4.95. The van der Waals surface area contributed by atoms with Crippen molar-refractivity contribution in [3.05, 3.63) is 110 Å². The van der Waals surface area contributed by atoms with Gasteiger partial charge >= 0.3 is 5.69 Å². The second kappa shape index (κ2) is 8.89. The first-order chi connectivity index (χ1) is 16.4. The standard InChI is InChI=1S/C25H18ClN3O4S/c26-15-7-9-16(10-8-15)29-24(32)22(23(31)28-25(29)33)19-13-21(14-5-11-17(30)12-6-14)34-20-4-2-1-3-18(20)27-19/h1-12,21,30,32H,13H2,(H,28,31,33). The third kappa shape index (κ3) is 4.13. The fraction of sp³-hybridized carbons (Fsp3) is 0.0800. The van der Waals surface area contributed by atoms with Gasteiger partial charge in [0.1, 0.15) is 11.3 Å². The summed E-state index contributed by atoms with van der Waals surface area (Å²) >= 11 is 7.54. The van der Waals surface area contributed by atoms with Gasteiger partial charge in [-0.3, -0.25) is 14.8 Å². The number of benzene rings is 3. The molecule has 0 saturated heterocycles. The molecular weight excluding hydrogens is 474 g/mol. The average molecular weight is 492 g/mol. The van der Waals surface area contributed by atoms with Crippen molar-refractivity contribution in [1.82, 2.24) is 9.55 Å². The fourth-order valence-corrected chi connectivity index (χ4v) is 5.22. The first-order valence-corrected chi connectivity index (χ1v) is 11.6. The molecular formula is C25H18ClN3O4S. The summed E-state index contributed by atoms with van der Waals surface area (Å²) in [5.74, 6) is -0.343. The van der Waals surface area contributed by atoms with E-state index in [2.05, 4.69) is 4.98 Å². The quantitative estimate of drug-likeness (QED) is 0.376. The van der Waals surface area contributed by atoms with Gasteiger partial charge in [0.05, 0.1) is 17.1 Å². The Labute approximate surface area is 203 Å². The van der Waals surface area contributed by atoms with Crippen molar-refractivity contribution >= 4 is 34.8 Å². The van der Waals surface area contributed by atoms with Gasteiger partial charge in [-0.15, -0.1) is 11.8 Å². The van der Waals surface area contributed by atoms with E-state index in [1.165, 1.54) is 0 Å². The summed E-state index contributed by atoms with van der Waals surface area (Å²) in [6.45, 7) is 0. The summed E-state index contributed by atoms with van der Waals surface area (Å²) < 4.78 is 1.02. The minimum atomic E-state index is -0.771. The molecule has 1 aromatic heterocycles. The van der Waals surface area contributed by atoms with Gasteiger partial charge in [-0.25, -0.2) is 9.36 Å². The molecule has 1 aliphatic heterocycles. The average Bonchev–Trinajstić information content (AvgIpc) is 3.00. The van der Waals surface area contributed by atoms with Crippen LogP contribution in [0.15, 0.2) is 92.3 Å². The normalized spacial score (nSPS) is 15.3. The second-order valence-corrected chi connectivity index (χ2v) is 9.38. The molecule has 0 amide bonds. The SMILES string of the molecule is O=c1[nH]c(=O)n(-c2ccc(Cl)cc2)c(O)c1C1=Nc2ccccc2SC(c2ccc(O)cc2)C1. The Morgan fingerprint density at radius 3 is 2.41 bits per heavy atom. The zero-order valence-electron chi connectivity index (χ0n) is 17.6. The fourth-order valence-electron chi connectivity index (χ4n) is 3.86. The van der Waals surface area contributed by atoms with Gasteiger partial charge in [0.15, 0.2) is 0 Å². The number of aromatic amines is 1. The molecule has 3 aromatic carbocycles. The summed E-state index contributed by atoms with van der Waals surface area (Å²) in [5, 5.41) is 21.2. The molecule has 0 bridgehead atoms. The molecule has 34 heavy (non-hydrogen) atoms. The highest BCUT2D eigenvalue weighted by Crippen LogP contribution is 2.45. The van der Waals surface area contributed by atoms with E-state index in [0.29, 0.717) is 28.5 Å². The minimum absolute atomic E-state index is 0.0735. The Balaban J connectivity index is 1.70. The molecule has 0 saturated carbocycles. The summed E-state index contributed by atoms with van der Waals surface area (Å²) in [6.07, 6.45) is 0.305. The van der Waals surface area contributed by atoms with Gasteiger partial charge in [-0.2, -0.15) is 0 Å². The van der Waals surface area contributed by atoms with Crippen LogP contribution in [-0.4, -0.2) is 25.5 Å². The van der Waals surface area contributed by atoms with Crippen LogP contribution in [0.5, 0.6) is 11.6 Å². The number of aromatic hydroxyl groups is 2. The van der Waals surface area contributed by atoms with Crippen molar-refractivity contribution in [3.8, 4) is 17.3 Å². The molecule has 4 aromatic rings. The van der Waals surface area contributed by atoms with Gasteiger partial charge in [0.25, 0.3) is 5.56 Å². The van der Waals surface area contributed by atoms with Crippen molar-refractivity contribution < 1.29 is 10.2 Å². The molecule has 0 spiro atoms. The highest BCUT2D eigenvalue weighted by atomic mass is 35.5. The van der Waals surface area contributed by atoms with Crippen LogP contribution >= 0.6 is 23.4 Å². The van der Waals surface area contributed by atoms with E-state index in [-0.39, 0.29) is 16.6 Å². The minimum Gasteiger partial charge on any atom is -0.508 e. The van der Waals surface area contributed by atoms with E-state index in [1.54, 1.807) is 48.2 Å². The van der Waals surface area contributed by atoms with Crippen LogP contribution in [0.3, 0.4) is 0 Å².